The van der Waals surface area contributed by atoms with Crippen molar-refractivity contribution < 1.29 is 18.0 Å². The molecule has 0 aliphatic carbocycles. The van der Waals surface area contributed by atoms with Crippen LogP contribution in [0.4, 0.5) is 18.9 Å². The van der Waals surface area contributed by atoms with E-state index in [2.05, 4.69) is 15.5 Å². The predicted octanol–water partition coefficient (Wildman–Crippen LogP) is 2.70. The van der Waals surface area contributed by atoms with Gasteiger partial charge >= 0.3 is 0 Å². The Hall–Kier alpha value is -2.31. The number of aromatic nitrogens is 2. The highest BCUT2D eigenvalue weighted by atomic mass is 19.1. The molecule has 19 heavy (non-hydrogen) atoms. The van der Waals surface area contributed by atoms with E-state index in [-0.39, 0.29) is 0 Å². The zero-order valence-electron chi connectivity index (χ0n) is 10.1. The zero-order valence-corrected chi connectivity index (χ0v) is 10.1. The van der Waals surface area contributed by atoms with Crippen LogP contribution in [0, 0.1) is 31.3 Å². The summed E-state index contributed by atoms with van der Waals surface area (Å²) in [5, 5.41) is 8.80. The number of rotatable bonds is 2. The molecule has 0 aliphatic rings. The summed E-state index contributed by atoms with van der Waals surface area (Å²) < 4.78 is 39.6. The van der Waals surface area contributed by atoms with E-state index in [1.807, 2.05) is 0 Å². The molecule has 0 atom stereocenters. The van der Waals surface area contributed by atoms with E-state index in [0.29, 0.717) is 29.2 Å². The van der Waals surface area contributed by atoms with E-state index in [9.17, 15) is 18.0 Å². The number of aryl methyl sites for hydroxylation is 2. The number of aromatic amines is 1. The average Bonchev–Trinajstić information content (AvgIpc) is 2.59. The average molecular weight is 269 g/mol. The third-order valence-corrected chi connectivity index (χ3v) is 2.60. The number of carbonyl (C=O) groups excluding carboxylic acids is 1. The molecule has 0 fully saturated rings. The van der Waals surface area contributed by atoms with Crippen molar-refractivity contribution in [1.82, 2.24) is 10.2 Å². The predicted molar refractivity (Wildman–Crippen MR) is 62.3 cm³/mol. The lowest BCUT2D eigenvalue weighted by Gasteiger charge is -2.07. The van der Waals surface area contributed by atoms with Crippen molar-refractivity contribution in [3.05, 3.63) is 46.5 Å². The van der Waals surface area contributed by atoms with Crippen molar-refractivity contribution in [2.45, 2.75) is 13.8 Å². The Morgan fingerprint density at radius 1 is 1.21 bits per heavy atom. The number of nitrogens with one attached hydrogen (secondary N) is 2. The van der Waals surface area contributed by atoms with E-state index in [4.69, 9.17) is 0 Å². The first-order chi connectivity index (χ1) is 8.90. The summed E-state index contributed by atoms with van der Waals surface area (Å²) in [5.74, 6) is -4.59. The Kier molecular flexibility index (Phi) is 3.28. The van der Waals surface area contributed by atoms with Crippen molar-refractivity contribution in [2.24, 2.45) is 0 Å². The van der Waals surface area contributed by atoms with Gasteiger partial charge in [-0.3, -0.25) is 9.89 Å². The van der Waals surface area contributed by atoms with Crippen LogP contribution in [-0.4, -0.2) is 16.1 Å². The number of carbonyl (C=O) groups is 1. The van der Waals surface area contributed by atoms with Crippen molar-refractivity contribution in [2.75, 3.05) is 5.32 Å². The van der Waals surface area contributed by atoms with Gasteiger partial charge in [0.05, 0.1) is 17.1 Å². The molecule has 0 radical (unpaired) electrons. The fourth-order valence-electron chi connectivity index (χ4n) is 1.67. The molecule has 0 saturated carbocycles. The van der Waals surface area contributed by atoms with Gasteiger partial charge in [-0.15, -0.1) is 0 Å². The highest BCUT2D eigenvalue weighted by Gasteiger charge is 2.20. The third-order valence-electron chi connectivity index (χ3n) is 2.60. The van der Waals surface area contributed by atoms with Crippen LogP contribution in [0.1, 0.15) is 21.7 Å². The van der Waals surface area contributed by atoms with Gasteiger partial charge in [0.25, 0.3) is 5.91 Å². The molecule has 1 heterocycles. The standard InChI is InChI=1S/C12H10F3N3O/c1-5-11(6(2)18-17-5)16-12(19)10-8(14)3-7(13)4-9(10)15/h3-4H,1-2H3,(H,16,19)(H,17,18). The van der Waals surface area contributed by atoms with Crippen molar-refractivity contribution >= 4 is 11.6 Å². The van der Waals surface area contributed by atoms with Gasteiger partial charge in [-0.2, -0.15) is 5.10 Å². The summed E-state index contributed by atoms with van der Waals surface area (Å²) in [6.45, 7) is 3.27. The molecule has 0 spiro atoms. The van der Waals surface area contributed by atoms with E-state index >= 15 is 0 Å². The van der Waals surface area contributed by atoms with Crippen LogP contribution in [0.2, 0.25) is 0 Å². The maximum absolute atomic E-state index is 13.4. The minimum absolute atomic E-state index is 0.341. The minimum atomic E-state index is -1.26. The van der Waals surface area contributed by atoms with Gasteiger partial charge in [0.1, 0.15) is 23.0 Å². The molecule has 0 saturated heterocycles. The first kappa shape index (κ1) is 13.1. The second kappa shape index (κ2) is 4.75. The molecular weight excluding hydrogens is 259 g/mol. The van der Waals surface area contributed by atoms with Crippen LogP contribution < -0.4 is 5.32 Å². The Bertz CT molecular complexity index is 609. The lowest BCUT2D eigenvalue weighted by Crippen LogP contribution is -2.17. The maximum Gasteiger partial charge on any atom is 0.261 e. The zero-order chi connectivity index (χ0) is 14.2. The molecule has 2 aromatic rings. The summed E-state index contributed by atoms with van der Waals surface area (Å²) in [7, 11) is 0. The van der Waals surface area contributed by atoms with Crippen LogP contribution in [0.5, 0.6) is 0 Å². The summed E-state index contributed by atoms with van der Waals surface area (Å²) in [4.78, 5) is 11.8. The van der Waals surface area contributed by atoms with Crippen LogP contribution in [-0.2, 0) is 0 Å². The quantitative estimate of drug-likeness (QED) is 0.880. The number of hydrogen-bond acceptors (Lipinski definition) is 2. The van der Waals surface area contributed by atoms with Gasteiger partial charge in [-0.25, -0.2) is 13.2 Å². The first-order valence-electron chi connectivity index (χ1n) is 5.37. The molecular formula is C12H10F3N3O. The second-order valence-electron chi connectivity index (χ2n) is 4.01. The number of benzene rings is 1. The van der Waals surface area contributed by atoms with Gasteiger partial charge in [-0.05, 0) is 13.8 Å². The Labute approximate surface area is 106 Å². The first-order valence-corrected chi connectivity index (χ1v) is 5.37. The van der Waals surface area contributed by atoms with Gasteiger partial charge in [0.15, 0.2) is 0 Å². The molecule has 2 rings (SSSR count). The van der Waals surface area contributed by atoms with Gasteiger partial charge in [0.2, 0.25) is 0 Å². The fraction of sp³-hybridized carbons (Fsp3) is 0.167. The molecule has 1 amide bonds. The number of hydrogen-bond donors (Lipinski definition) is 2. The number of amides is 1. The van der Waals surface area contributed by atoms with Crippen molar-refractivity contribution in [1.29, 1.82) is 0 Å². The highest BCUT2D eigenvalue weighted by Crippen LogP contribution is 2.20. The van der Waals surface area contributed by atoms with Gasteiger partial charge < -0.3 is 5.32 Å². The summed E-state index contributed by atoms with van der Waals surface area (Å²) >= 11 is 0. The molecule has 4 nitrogen and oxygen atoms in total. The Morgan fingerprint density at radius 3 is 2.26 bits per heavy atom. The molecule has 2 N–H and O–H groups in total. The van der Waals surface area contributed by atoms with Crippen LogP contribution in [0.25, 0.3) is 0 Å². The molecule has 0 aliphatic heterocycles. The molecule has 1 aromatic carbocycles. The topological polar surface area (TPSA) is 57.8 Å². The fourth-order valence-corrected chi connectivity index (χ4v) is 1.67. The number of H-pyrrole nitrogens is 1. The molecule has 100 valence electrons. The summed E-state index contributed by atoms with van der Waals surface area (Å²) in [6, 6.07) is 0.903. The van der Waals surface area contributed by atoms with Gasteiger partial charge in [0, 0.05) is 12.1 Å². The van der Waals surface area contributed by atoms with Crippen LogP contribution in [0.15, 0.2) is 12.1 Å². The van der Waals surface area contributed by atoms with Crippen molar-refractivity contribution in [3.8, 4) is 0 Å². The molecule has 0 unspecified atom stereocenters. The number of anilines is 1. The van der Waals surface area contributed by atoms with Crippen molar-refractivity contribution in [3.63, 3.8) is 0 Å². The molecule has 0 bridgehead atoms. The highest BCUT2D eigenvalue weighted by molar-refractivity contribution is 6.05. The maximum atomic E-state index is 13.4. The van der Waals surface area contributed by atoms with E-state index < -0.39 is 28.9 Å². The van der Waals surface area contributed by atoms with E-state index in [1.165, 1.54) is 0 Å². The minimum Gasteiger partial charge on any atom is -0.319 e. The molecule has 1 aromatic heterocycles. The lowest BCUT2D eigenvalue weighted by molar-refractivity contribution is 0.101. The second-order valence-corrected chi connectivity index (χ2v) is 4.01. The normalized spacial score (nSPS) is 10.6. The van der Waals surface area contributed by atoms with Crippen LogP contribution >= 0.6 is 0 Å². The number of nitrogens with zero attached hydrogens (tertiary/aromatic N) is 1. The largest absolute Gasteiger partial charge is 0.319 e. The monoisotopic (exact) mass is 269 g/mol. The number of halogens is 3. The van der Waals surface area contributed by atoms with E-state index in [0.717, 1.165) is 0 Å². The van der Waals surface area contributed by atoms with Gasteiger partial charge in [-0.1, -0.05) is 0 Å². The van der Waals surface area contributed by atoms with E-state index in [1.54, 1.807) is 13.8 Å². The Morgan fingerprint density at radius 2 is 1.79 bits per heavy atom. The lowest BCUT2D eigenvalue weighted by atomic mass is 10.1. The molecule has 7 heteroatoms. The summed E-state index contributed by atoms with van der Waals surface area (Å²) in [6.07, 6.45) is 0. The smallest absolute Gasteiger partial charge is 0.261 e. The third kappa shape index (κ3) is 2.44. The van der Waals surface area contributed by atoms with Crippen LogP contribution in [0.3, 0.4) is 0 Å². The Balaban J connectivity index is 2.36. The SMILES string of the molecule is Cc1n[nH]c(C)c1NC(=O)c1c(F)cc(F)cc1F. The summed E-state index contributed by atoms with van der Waals surface area (Å²) in [5.41, 5.74) is 0.539.